The zero-order chi connectivity index (χ0) is 76.0. The van der Waals surface area contributed by atoms with Crippen molar-refractivity contribution in [3.63, 3.8) is 0 Å². The highest BCUT2D eigenvalue weighted by Crippen LogP contribution is 2.33. The van der Waals surface area contributed by atoms with Gasteiger partial charge in [0.05, 0.1) is 38.6 Å². The van der Waals surface area contributed by atoms with Crippen molar-refractivity contribution in [2.45, 2.75) is 375 Å². The van der Waals surface area contributed by atoms with Gasteiger partial charge in [0.1, 0.15) is 73.2 Å². The van der Waals surface area contributed by atoms with Crippen LogP contribution in [-0.2, 0) is 33.2 Å². The Labute approximate surface area is 632 Å². The van der Waals surface area contributed by atoms with E-state index in [1.807, 2.05) is 6.08 Å². The molecule has 3 saturated heterocycles. The molecular weight excluding hydrogens is 1330 g/mol. The third kappa shape index (κ3) is 44.4. The number of nitrogens with one attached hydrogen (secondary N) is 1. The van der Waals surface area contributed by atoms with Crippen LogP contribution >= 0.6 is 0 Å². The first-order valence-electron chi connectivity index (χ1n) is 40.9. The normalized spacial score (nSPS) is 26.5. The summed E-state index contributed by atoms with van der Waals surface area (Å²) >= 11 is 0. The van der Waals surface area contributed by atoms with Gasteiger partial charge in [-0.2, -0.15) is 0 Å². The Hall–Kier alpha value is -4.07. The molecule has 0 aromatic carbocycles. The average Bonchev–Trinajstić information content (AvgIpc) is 0.780. The van der Waals surface area contributed by atoms with Gasteiger partial charge < -0.3 is 89.9 Å². The Morgan fingerprint density at radius 1 is 0.352 bits per heavy atom. The fourth-order valence-corrected chi connectivity index (χ4v) is 12.9. The molecule has 0 bridgehead atoms. The third-order valence-electron chi connectivity index (χ3n) is 19.4. The van der Waals surface area contributed by atoms with Gasteiger partial charge in [0.2, 0.25) is 5.91 Å². The largest absolute Gasteiger partial charge is 0.394 e. The molecular formula is C86H145NO18. The zero-order valence-electron chi connectivity index (χ0n) is 64.4. The summed E-state index contributed by atoms with van der Waals surface area (Å²) in [5.74, 6) is -0.293. The monoisotopic (exact) mass is 1480 g/mol. The summed E-state index contributed by atoms with van der Waals surface area (Å²) in [6.45, 7) is 1.60. The van der Waals surface area contributed by atoms with Crippen LogP contribution < -0.4 is 5.32 Å². The van der Waals surface area contributed by atoms with Crippen LogP contribution in [0.3, 0.4) is 0 Å². The fraction of sp³-hybridized carbons (Fsp3) is 0.733. The highest BCUT2D eigenvalue weighted by molar-refractivity contribution is 5.76. The summed E-state index contributed by atoms with van der Waals surface area (Å²) in [5, 5.41) is 121. The van der Waals surface area contributed by atoms with Gasteiger partial charge in [0.25, 0.3) is 0 Å². The lowest BCUT2D eigenvalue weighted by atomic mass is 9.96. The molecule has 602 valence electrons. The summed E-state index contributed by atoms with van der Waals surface area (Å²) in [6.07, 6.45) is 65.8. The van der Waals surface area contributed by atoms with E-state index in [1.165, 1.54) is 128 Å². The van der Waals surface area contributed by atoms with Crippen LogP contribution in [0.5, 0.6) is 0 Å². The first kappa shape index (κ1) is 95.1. The molecule has 12 N–H and O–H groups in total. The Balaban J connectivity index is 1.35. The molecule has 17 atom stereocenters. The number of amides is 1. The van der Waals surface area contributed by atoms with Crippen LogP contribution in [0.25, 0.3) is 0 Å². The van der Waals surface area contributed by atoms with Gasteiger partial charge in [-0.25, -0.2) is 0 Å². The summed E-state index contributed by atoms with van der Waals surface area (Å²) in [4.78, 5) is 13.5. The lowest BCUT2D eigenvalue weighted by molar-refractivity contribution is -0.379. The molecule has 105 heavy (non-hydrogen) atoms. The maximum Gasteiger partial charge on any atom is 0.220 e. The molecule has 17 unspecified atom stereocenters. The van der Waals surface area contributed by atoms with Crippen LogP contribution in [0.2, 0.25) is 0 Å². The number of unbranched alkanes of at least 4 members (excludes halogenated alkanes) is 27. The van der Waals surface area contributed by atoms with E-state index in [0.29, 0.717) is 12.8 Å². The number of carbonyl (C=O) groups excluding carboxylic acids is 1. The van der Waals surface area contributed by atoms with Crippen molar-refractivity contribution in [1.29, 1.82) is 0 Å². The first-order chi connectivity index (χ1) is 51.3. The molecule has 3 aliphatic rings. The Kier molecular flexibility index (Phi) is 58.6. The maximum atomic E-state index is 13.5. The maximum absolute atomic E-state index is 13.5. The van der Waals surface area contributed by atoms with Gasteiger partial charge in [-0.3, -0.25) is 4.79 Å². The van der Waals surface area contributed by atoms with E-state index in [4.69, 9.17) is 28.4 Å². The summed E-state index contributed by atoms with van der Waals surface area (Å²) in [5.41, 5.74) is 0. The number of carbonyl (C=O) groups is 1. The smallest absolute Gasteiger partial charge is 0.220 e. The minimum Gasteiger partial charge on any atom is -0.394 e. The second-order valence-corrected chi connectivity index (χ2v) is 28.5. The predicted molar refractivity (Wildman–Crippen MR) is 419 cm³/mol. The highest BCUT2D eigenvalue weighted by Gasteiger charge is 2.54. The molecule has 3 aliphatic heterocycles. The molecule has 0 aromatic heterocycles. The van der Waals surface area contributed by atoms with Crippen LogP contribution in [0.4, 0.5) is 0 Å². The zero-order valence-corrected chi connectivity index (χ0v) is 64.4. The average molecular weight is 1480 g/mol. The Morgan fingerprint density at radius 2 is 0.667 bits per heavy atom. The van der Waals surface area contributed by atoms with Crippen LogP contribution in [-0.4, -0.2) is 193 Å². The molecule has 19 nitrogen and oxygen atoms in total. The van der Waals surface area contributed by atoms with Crippen LogP contribution in [0.1, 0.15) is 271 Å². The lowest BCUT2D eigenvalue weighted by Gasteiger charge is -2.48. The summed E-state index contributed by atoms with van der Waals surface area (Å²) < 4.78 is 34.4. The summed E-state index contributed by atoms with van der Waals surface area (Å²) in [6, 6.07) is -1.01. The van der Waals surface area contributed by atoms with E-state index >= 15 is 0 Å². The fourth-order valence-electron chi connectivity index (χ4n) is 12.9. The molecule has 3 heterocycles. The second-order valence-electron chi connectivity index (χ2n) is 28.5. The molecule has 0 saturated carbocycles. The van der Waals surface area contributed by atoms with Crippen molar-refractivity contribution >= 4 is 5.91 Å². The van der Waals surface area contributed by atoms with Gasteiger partial charge in [-0.15, -0.1) is 0 Å². The van der Waals surface area contributed by atoms with Gasteiger partial charge in [-0.1, -0.05) is 289 Å². The number of hydrogen-bond acceptors (Lipinski definition) is 18. The lowest BCUT2D eigenvalue weighted by Crippen LogP contribution is -2.66. The van der Waals surface area contributed by atoms with Gasteiger partial charge in [0, 0.05) is 6.42 Å². The molecule has 0 aromatic rings. The van der Waals surface area contributed by atoms with Crippen LogP contribution in [0, 0.1) is 0 Å². The summed E-state index contributed by atoms with van der Waals surface area (Å²) in [7, 11) is 0. The second kappa shape index (κ2) is 64.7. The van der Waals surface area contributed by atoms with Crippen molar-refractivity contribution in [1.82, 2.24) is 5.32 Å². The minimum absolute atomic E-state index is 0.224. The number of rotatable bonds is 63. The molecule has 1 amide bonds. The first-order valence-corrected chi connectivity index (χ1v) is 40.9. The van der Waals surface area contributed by atoms with E-state index in [2.05, 4.69) is 141 Å². The van der Waals surface area contributed by atoms with Crippen molar-refractivity contribution in [3.8, 4) is 0 Å². The quantitative estimate of drug-likeness (QED) is 0.0199. The van der Waals surface area contributed by atoms with Gasteiger partial charge >= 0.3 is 0 Å². The minimum atomic E-state index is -1.99. The van der Waals surface area contributed by atoms with E-state index in [0.717, 1.165) is 109 Å². The topological polar surface area (TPSA) is 307 Å². The molecule has 0 spiro atoms. The van der Waals surface area contributed by atoms with Crippen molar-refractivity contribution < 1.29 is 89.4 Å². The molecule has 3 rings (SSSR count). The highest BCUT2D eigenvalue weighted by atomic mass is 16.8. The number of aliphatic hydroxyl groups is 11. The molecule has 0 aliphatic carbocycles. The van der Waals surface area contributed by atoms with Gasteiger partial charge in [-0.05, 0) is 109 Å². The molecule has 0 radical (unpaired) electrons. The van der Waals surface area contributed by atoms with E-state index in [9.17, 15) is 61.0 Å². The Bertz CT molecular complexity index is 2420. The van der Waals surface area contributed by atoms with Crippen molar-refractivity contribution in [2.75, 3.05) is 26.4 Å². The number of allylic oxidation sites excluding steroid dienone is 21. The number of hydrogen-bond donors (Lipinski definition) is 12. The number of aliphatic hydroxyl groups excluding tert-OH is 11. The molecule has 3 fully saturated rings. The number of ether oxygens (including phenoxy) is 6. The molecule has 19 heteroatoms. The third-order valence-corrected chi connectivity index (χ3v) is 19.4. The van der Waals surface area contributed by atoms with E-state index < -0.39 is 124 Å². The van der Waals surface area contributed by atoms with Crippen LogP contribution in [0.15, 0.2) is 134 Å². The van der Waals surface area contributed by atoms with Gasteiger partial charge in [0.15, 0.2) is 18.9 Å². The standard InChI is InChI=1S/C86H145NO18/c1-3-5-7-9-11-13-15-17-19-21-23-25-26-27-28-29-30-31-32-33-34-35-36-37-38-39-40-41-42-44-46-48-50-52-54-56-58-60-62-64-74(92)87-69(70(91)63-61-59-57-55-53-51-49-47-45-43-24-22-20-18-16-14-12-10-8-6-4-2)68-100-84-80(98)77(95)82(72(66-89)102-84)105-86-81(99)78(96)83(73(67-90)103-86)104-85-79(97)76(94)75(93)71(65-88)101-85/h5,7,11,13,17,19,23,25,27-28,30-31,33-34,36-37,45,47,53,55,61,63,69-73,75-86,88-91,93-99H,3-4,6,8-10,12,14-16,18,20-22,24,26,29,32,35,38-44,46,48-52,54,56-60,62,64-68H2,1-2H3,(H,87,92)/b7-5-,13-11-,19-17-,25-23-,28-27-,31-30-,34-33-,37-36-,47-45+,55-53+,63-61+. The van der Waals surface area contributed by atoms with Crippen molar-refractivity contribution in [2.24, 2.45) is 0 Å². The van der Waals surface area contributed by atoms with E-state index in [1.54, 1.807) is 6.08 Å². The SMILES string of the molecule is CC/C=C\C/C=C\C/C=C\C/C=C\C/C=C\C/C=C\C/C=C\C/C=C\CCCCCCCCCCCCCCCCC(=O)NC(COC1OC(CO)C(OC2OC(CO)C(OC3OC(CO)C(O)C(O)C3O)C(O)C2O)C(O)C1O)C(O)/C=C/CC/C=C/CC/C=C/CCCCCCCCCCCCC. The van der Waals surface area contributed by atoms with Crippen molar-refractivity contribution in [3.05, 3.63) is 134 Å². The van der Waals surface area contributed by atoms with E-state index in [-0.39, 0.29) is 18.9 Å². The predicted octanol–water partition coefficient (Wildman–Crippen LogP) is 14.1. The Morgan fingerprint density at radius 3 is 1.07 bits per heavy atom.